The molecular weight excluding hydrogens is 335 g/mol. The van der Waals surface area contributed by atoms with Gasteiger partial charge in [0.15, 0.2) is 0 Å². The van der Waals surface area contributed by atoms with Gasteiger partial charge in [-0.15, -0.1) is 11.3 Å². The van der Waals surface area contributed by atoms with Gasteiger partial charge in [0, 0.05) is 5.56 Å². The number of amides is 2. The van der Waals surface area contributed by atoms with E-state index < -0.39 is 23.6 Å². The van der Waals surface area contributed by atoms with Gasteiger partial charge in [0.25, 0.3) is 11.8 Å². The van der Waals surface area contributed by atoms with E-state index in [1.807, 2.05) is 0 Å². The Morgan fingerprint density at radius 1 is 1.33 bits per heavy atom. The van der Waals surface area contributed by atoms with Crippen molar-refractivity contribution in [2.24, 2.45) is 5.73 Å². The number of rotatable bonds is 5. The van der Waals surface area contributed by atoms with Crippen LogP contribution in [0.3, 0.4) is 0 Å². The molecule has 1 aromatic heterocycles. The molecule has 3 N–H and O–H groups in total. The van der Waals surface area contributed by atoms with Gasteiger partial charge in [-0.3, -0.25) is 9.59 Å². The van der Waals surface area contributed by atoms with Crippen molar-refractivity contribution in [1.29, 1.82) is 0 Å². The molecule has 0 radical (unpaired) electrons. The number of ether oxygens (including phenoxy) is 1. The van der Waals surface area contributed by atoms with E-state index in [0.29, 0.717) is 5.56 Å². The summed E-state index contributed by atoms with van der Waals surface area (Å²) in [7, 11) is 0. The highest BCUT2D eigenvalue weighted by Gasteiger charge is 2.25. The monoisotopic (exact) mass is 350 g/mol. The van der Waals surface area contributed by atoms with E-state index in [-0.39, 0.29) is 27.6 Å². The van der Waals surface area contributed by atoms with Crippen molar-refractivity contribution in [3.05, 3.63) is 51.7 Å². The summed E-state index contributed by atoms with van der Waals surface area (Å²) in [4.78, 5) is 36.0. The molecule has 0 atom stereocenters. The van der Waals surface area contributed by atoms with Crippen LogP contribution in [0, 0.1) is 12.7 Å². The number of hydrogen-bond acceptors (Lipinski definition) is 5. The second-order valence-electron chi connectivity index (χ2n) is 4.81. The lowest BCUT2D eigenvalue weighted by Crippen LogP contribution is -2.17. The van der Waals surface area contributed by atoms with Crippen LogP contribution in [0.5, 0.6) is 0 Å². The predicted molar refractivity (Wildman–Crippen MR) is 87.9 cm³/mol. The molecule has 24 heavy (non-hydrogen) atoms. The van der Waals surface area contributed by atoms with Crippen LogP contribution in [0.2, 0.25) is 0 Å². The highest BCUT2D eigenvalue weighted by molar-refractivity contribution is 7.18. The number of anilines is 1. The number of esters is 1. The van der Waals surface area contributed by atoms with Gasteiger partial charge in [0.1, 0.15) is 15.7 Å². The van der Waals surface area contributed by atoms with E-state index in [2.05, 4.69) is 5.32 Å². The van der Waals surface area contributed by atoms with Crippen LogP contribution in [-0.2, 0) is 4.74 Å². The first-order valence-corrected chi connectivity index (χ1v) is 7.84. The molecule has 0 saturated carbocycles. The minimum atomic E-state index is -0.783. The van der Waals surface area contributed by atoms with Gasteiger partial charge in [-0.25, -0.2) is 9.18 Å². The molecule has 2 aromatic rings. The lowest BCUT2D eigenvalue weighted by Gasteiger charge is -2.05. The van der Waals surface area contributed by atoms with Crippen LogP contribution in [-0.4, -0.2) is 24.4 Å². The maximum absolute atomic E-state index is 13.2. The molecule has 0 aliphatic heterocycles. The lowest BCUT2D eigenvalue weighted by atomic mass is 10.1. The number of halogens is 1. The summed E-state index contributed by atoms with van der Waals surface area (Å²) in [6, 6.07) is 5.09. The number of nitrogens with two attached hydrogens (primary N) is 1. The van der Waals surface area contributed by atoms with Crippen LogP contribution in [0.25, 0.3) is 0 Å². The first-order valence-electron chi connectivity index (χ1n) is 7.02. The average Bonchev–Trinajstić information content (AvgIpc) is 2.84. The molecule has 0 unspecified atom stereocenters. The van der Waals surface area contributed by atoms with Crippen LogP contribution in [0.15, 0.2) is 24.3 Å². The Morgan fingerprint density at radius 3 is 2.62 bits per heavy atom. The summed E-state index contributed by atoms with van der Waals surface area (Å²) >= 11 is 0.889. The van der Waals surface area contributed by atoms with E-state index in [9.17, 15) is 18.8 Å². The summed E-state index contributed by atoms with van der Waals surface area (Å²) in [6.45, 7) is 3.37. The topological polar surface area (TPSA) is 98.5 Å². The fourth-order valence-electron chi connectivity index (χ4n) is 2.09. The molecule has 0 aliphatic rings. The third-order valence-electron chi connectivity index (χ3n) is 3.17. The number of carbonyl (C=O) groups excluding carboxylic acids is 3. The Bertz CT molecular complexity index is 816. The number of primary amides is 1. The van der Waals surface area contributed by atoms with Gasteiger partial charge in [-0.05, 0) is 37.6 Å². The maximum Gasteiger partial charge on any atom is 0.348 e. The molecule has 0 spiro atoms. The number of nitrogens with one attached hydrogen (secondary N) is 1. The van der Waals surface area contributed by atoms with E-state index in [1.54, 1.807) is 13.8 Å². The Hall–Kier alpha value is -2.74. The smallest absolute Gasteiger partial charge is 0.348 e. The third kappa shape index (κ3) is 3.60. The van der Waals surface area contributed by atoms with Crippen molar-refractivity contribution in [3.63, 3.8) is 0 Å². The van der Waals surface area contributed by atoms with Crippen molar-refractivity contribution < 1.29 is 23.5 Å². The lowest BCUT2D eigenvalue weighted by molar-refractivity contribution is 0.0531. The quantitative estimate of drug-likeness (QED) is 0.810. The fourth-order valence-corrected chi connectivity index (χ4v) is 3.20. The number of thiophene rings is 1. The SMILES string of the molecule is CCOC(=O)c1sc(NC(=O)c2cccc(F)c2)c(C(N)=O)c1C. The Kier molecular flexibility index (Phi) is 5.30. The molecule has 2 rings (SSSR count). The molecule has 126 valence electrons. The van der Waals surface area contributed by atoms with Crippen LogP contribution in [0.4, 0.5) is 9.39 Å². The molecule has 0 fully saturated rings. The molecule has 8 heteroatoms. The minimum absolute atomic E-state index is 0.0350. The first-order chi connectivity index (χ1) is 11.3. The van der Waals surface area contributed by atoms with Gasteiger partial charge >= 0.3 is 5.97 Å². The second kappa shape index (κ2) is 7.22. The summed E-state index contributed by atoms with van der Waals surface area (Å²) in [5.74, 6) is -2.57. The minimum Gasteiger partial charge on any atom is -0.462 e. The fraction of sp³-hybridized carbons (Fsp3) is 0.188. The van der Waals surface area contributed by atoms with Crippen LogP contribution < -0.4 is 11.1 Å². The van der Waals surface area contributed by atoms with Crippen molar-refractivity contribution in [1.82, 2.24) is 0 Å². The summed E-state index contributed by atoms with van der Waals surface area (Å²) < 4.78 is 18.1. The van der Waals surface area contributed by atoms with Gasteiger partial charge < -0.3 is 15.8 Å². The van der Waals surface area contributed by atoms with Crippen molar-refractivity contribution >= 4 is 34.1 Å². The third-order valence-corrected chi connectivity index (χ3v) is 4.36. The van der Waals surface area contributed by atoms with E-state index in [1.165, 1.54) is 18.2 Å². The highest BCUT2D eigenvalue weighted by atomic mass is 32.1. The molecule has 2 amide bonds. The van der Waals surface area contributed by atoms with Gasteiger partial charge in [-0.2, -0.15) is 0 Å². The van der Waals surface area contributed by atoms with Crippen molar-refractivity contribution in [2.75, 3.05) is 11.9 Å². The molecule has 0 aliphatic carbocycles. The van der Waals surface area contributed by atoms with Crippen LogP contribution in [0.1, 0.15) is 42.9 Å². The molecule has 0 saturated heterocycles. The first kappa shape index (κ1) is 17.6. The molecule has 6 nitrogen and oxygen atoms in total. The second-order valence-corrected chi connectivity index (χ2v) is 5.83. The molecule has 0 bridgehead atoms. The number of benzene rings is 1. The Morgan fingerprint density at radius 2 is 2.04 bits per heavy atom. The number of carbonyl (C=O) groups is 3. The van der Waals surface area contributed by atoms with Crippen LogP contribution >= 0.6 is 11.3 Å². The zero-order chi connectivity index (χ0) is 17.9. The summed E-state index contributed by atoms with van der Waals surface area (Å²) in [5.41, 5.74) is 5.79. The van der Waals surface area contributed by atoms with Gasteiger partial charge in [0.2, 0.25) is 0 Å². The zero-order valence-corrected chi connectivity index (χ0v) is 13.8. The normalized spacial score (nSPS) is 10.3. The van der Waals surface area contributed by atoms with E-state index in [4.69, 9.17) is 10.5 Å². The van der Waals surface area contributed by atoms with Gasteiger partial charge in [0.05, 0.1) is 12.2 Å². The van der Waals surface area contributed by atoms with Gasteiger partial charge in [-0.1, -0.05) is 6.07 Å². The summed E-state index contributed by atoms with van der Waals surface area (Å²) in [6.07, 6.45) is 0. The predicted octanol–water partition coefficient (Wildman–Crippen LogP) is 2.72. The zero-order valence-electron chi connectivity index (χ0n) is 13.0. The van der Waals surface area contributed by atoms with E-state index in [0.717, 1.165) is 17.4 Å². The average molecular weight is 350 g/mol. The van der Waals surface area contributed by atoms with E-state index >= 15 is 0 Å². The molecule has 1 heterocycles. The Labute approximate surface area is 141 Å². The molecule has 1 aromatic carbocycles. The number of hydrogen-bond donors (Lipinski definition) is 2. The van der Waals surface area contributed by atoms with Crippen molar-refractivity contribution in [3.8, 4) is 0 Å². The maximum atomic E-state index is 13.2. The Balaban J connectivity index is 2.39. The highest BCUT2D eigenvalue weighted by Crippen LogP contribution is 2.33. The molecular formula is C16H15FN2O4S. The largest absolute Gasteiger partial charge is 0.462 e. The van der Waals surface area contributed by atoms with Crippen molar-refractivity contribution in [2.45, 2.75) is 13.8 Å². The summed E-state index contributed by atoms with van der Waals surface area (Å²) in [5, 5.41) is 2.62. The standard InChI is InChI=1S/C16H15FN2O4S/c1-3-23-16(22)12-8(2)11(13(18)20)15(24-12)19-14(21)9-5-4-6-10(17)7-9/h4-7H,3H2,1-2H3,(H2,18,20)(H,19,21).